The number of carbonyl (C=O) groups is 1. The quantitative estimate of drug-likeness (QED) is 0.359. The fourth-order valence-electron chi connectivity index (χ4n) is 3.27. The number of nitrogens with one attached hydrogen (secondary N) is 1. The zero-order chi connectivity index (χ0) is 20.5. The third kappa shape index (κ3) is 4.10. The van der Waals surface area contributed by atoms with Gasteiger partial charge in [-0.15, -0.1) is 0 Å². The molecule has 0 radical (unpaired) electrons. The Morgan fingerprint density at radius 3 is 2.31 bits per heavy atom. The lowest BCUT2D eigenvalue weighted by atomic mass is 10.1. The fourth-order valence-corrected chi connectivity index (χ4v) is 3.63. The molecule has 0 aliphatic heterocycles. The van der Waals surface area contributed by atoms with Gasteiger partial charge in [-0.05, 0) is 90.0 Å². The average Bonchev–Trinajstić information content (AvgIpc) is 2.70. The van der Waals surface area contributed by atoms with Gasteiger partial charge in [0.2, 0.25) is 0 Å². The van der Waals surface area contributed by atoms with E-state index in [9.17, 15) is 9.59 Å². The molecule has 4 nitrogen and oxygen atoms in total. The van der Waals surface area contributed by atoms with Crippen molar-refractivity contribution < 1.29 is 9.21 Å². The first-order chi connectivity index (χ1) is 13.9. The van der Waals surface area contributed by atoms with Crippen molar-refractivity contribution in [3.8, 4) is 11.3 Å². The molecule has 29 heavy (non-hydrogen) atoms. The highest BCUT2D eigenvalue weighted by Crippen LogP contribution is 2.25. The summed E-state index contributed by atoms with van der Waals surface area (Å²) in [5, 5.41) is 3.46. The van der Waals surface area contributed by atoms with E-state index >= 15 is 0 Å². The van der Waals surface area contributed by atoms with Crippen LogP contribution in [0.1, 0.15) is 21.5 Å². The van der Waals surface area contributed by atoms with Crippen LogP contribution in [0, 0.1) is 17.4 Å². The Morgan fingerprint density at radius 2 is 1.62 bits per heavy atom. The van der Waals surface area contributed by atoms with E-state index in [4.69, 9.17) is 4.42 Å². The van der Waals surface area contributed by atoms with Crippen LogP contribution in [0.4, 0.5) is 5.69 Å². The van der Waals surface area contributed by atoms with Gasteiger partial charge in [-0.3, -0.25) is 9.59 Å². The molecule has 5 heteroatoms. The second kappa shape index (κ2) is 7.83. The normalized spacial score (nSPS) is 10.9. The Kier molecular flexibility index (Phi) is 5.24. The molecule has 0 saturated heterocycles. The number of halogens is 1. The maximum atomic E-state index is 12.6. The van der Waals surface area contributed by atoms with E-state index in [1.807, 2.05) is 50.2 Å². The van der Waals surface area contributed by atoms with Crippen LogP contribution in [0.5, 0.6) is 0 Å². The minimum Gasteiger partial charge on any atom is -0.456 e. The summed E-state index contributed by atoms with van der Waals surface area (Å²) in [7, 11) is 0. The SMILES string of the molecule is Cc1cc(C)c2oc(-c3ccc(C(=O)Nc4ccc(I)cc4)cc3)cc(=O)c2c1. The maximum Gasteiger partial charge on any atom is 0.255 e. The van der Waals surface area contributed by atoms with E-state index < -0.39 is 0 Å². The highest BCUT2D eigenvalue weighted by atomic mass is 127. The van der Waals surface area contributed by atoms with Gasteiger partial charge in [-0.25, -0.2) is 0 Å². The molecule has 0 aliphatic carbocycles. The van der Waals surface area contributed by atoms with Gasteiger partial charge < -0.3 is 9.73 Å². The molecule has 0 fully saturated rings. The third-order valence-electron chi connectivity index (χ3n) is 4.69. The van der Waals surface area contributed by atoms with Crippen molar-refractivity contribution in [1.29, 1.82) is 0 Å². The second-order valence-electron chi connectivity index (χ2n) is 6.97. The number of aryl methyl sites for hydroxylation is 2. The van der Waals surface area contributed by atoms with Crippen LogP contribution in [0.25, 0.3) is 22.3 Å². The summed E-state index contributed by atoms with van der Waals surface area (Å²) in [4.78, 5) is 25.0. The largest absolute Gasteiger partial charge is 0.456 e. The zero-order valence-electron chi connectivity index (χ0n) is 16.0. The van der Waals surface area contributed by atoms with Crippen molar-refractivity contribution in [2.24, 2.45) is 0 Å². The van der Waals surface area contributed by atoms with Gasteiger partial charge in [0.15, 0.2) is 5.43 Å². The van der Waals surface area contributed by atoms with E-state index in [0.29, 0.717) is 22.3 Å². The molecule has 144 valence electrons. The van der Waals surface area contributed by atoms with Crippen molar-refractivity contribution in [1.82, 2.24) is 0 Å². The monoisotopic (exact) mass is 495 g/mol. The van der Waals surface area contributed by atoms with Gasteiger partial charge in [0.25, 0.3) is 5.91 Å². The summed E-state index contributed by atoms with van der Waals surface area (Å²) in [6, 6.07) is 20.0. The van der Waals surface area contributed by atoms with Crippen molar-refractivity contribution in [3.05, 3.63) is 97.2 Å². The van der Waals surface area contributed by atoms with Gasteiger partial charge in [-0.1, -0.05) is 18.2 Å². The predicted octanol–water partition coefficient (Wildman–Crippen LogP) is 5.93. The summed E-state index contributed by atoms with van der Waals surface area (Å²) in [5.41, 5.74) is 4.49. The van der Waals surface area contributed by atoms with Crippen LogP contribution in [-0.2, 0) is 0 Å². The number of benzene rings is 3. The van der Waals surface area contributed by atoms with E-state index in [1.165, 1.54) is 6.07 Å². The maximum absolute atomic E-state index is 12.6. The van der Waals surface area contributed by atoms with Crippen molar-refractivity contribution in [2.75, 3.05) is 5.32 Å². The average molecular weight is 495 g/mol. The molecule has 4 rings (SSSR count). The molecule has 1 N–H and O–H groups in total. The van der Waals surface area contributed by atoms with E-state index in [2.05, 4.69) is 27.9 Å². The minimum absolute atomic E-state index is 0.0754. The molecular weight excluding hydrogens is 477 g/mol. The molecule has 0 saturated carbocycles. The molecule has 1 aromatic heterocycles. The Balaban J connectivity index is 1.63. The number of amides is 1. The lowest BCUT2D eigenvalue weighted by Gasteiger charge is -2.08. The Hall–Kier alpha value is -2.93. The number of hydrogen-bond donors (Lipinski definition) is 1. The van der Waals surface area contributed by atoms with Crippen molar-refractivity contribution in [3.63, 3.8) is 0 Å². The van der Waals surface area contributed by atoms with Crippen LogP contribution in [-0.4, -0.2) is 5.91 Å². The first-order valence-corrected chi connectivity index (χ1v) is 10.2. The standard InChI is InChI=1S/C24H18INO3/c1-14-11-15(2)23-20(12-14)21(27)13-22(29-23)16-3-5-17(6-4-16)24(28)26-19-9-7-18(25)8-10-19/h3-13H,1-2H3,(H,26,28). The molecular formula is C24H18INO3. The van der Waals surface area contributed by atoms with Crippen LogP contribution in [0.15, 0.2) is 75.9 Å². The number of anilines is 1. The van der Waals surface area contributed by atoms with Gasteiger partial charge >= 0.3 is 0 Å². The highest BCUT2D eigenvalue weighted by molar-refractivity contribution is 14.1. The second-order valence-corrected chi connectivity index (χ2v) is 8.22. The predicted molar refractivity (Wildman–Crippen MR) is 125 cm³/mol. The van der Waals surface area contributed by atoms with Gasteiger partial charge in [0.1, 0.15) is 11.3 Å². The van der Waals surface area contributed by atoms with Crippen molar-refractivity contribution in [2.45, 2.75) is 13.8 Å². The molecule has 4 aromatic rings. The smallest absolute Gasteiger partial charge is 0.255 e. The Labute approximate surface area is 181 Å². The topological polar surface area (TPSA) is 59.3 Å². The first-order valence-electron chi connectivity index (χ1n) is 9.13. The lowest BCUT2D eigenvalue weighted by molar-refractivity contribution is 0.102. The minimum atomic E-state index is -0.191. The molecule has 1 heterocycles. The van der Waals surface area contributed by atoms with Gasteiger partial charge in [0, 0.05) is 26.5 Å². The first kappa shape index (κ1) is 19.4. The molecule has 0 aliphatic rings. The number of rotatable bonds is 3. The van der Waals surface area contributed by atoms with Crippen LogP contribution < -0.4 is 10.7 Å². The van der Waals surface area contributed by atoms with E-state index in [1.54, 1.807) is 24.3 Å². The molecule has 0 unspecified atom stereocenters. The molecule has 0 bridgehead atoms. The van der Waals surface area contributed by atoms with Gasteiger partial charge in [0.05, 0.1) is 5.39 Å². The number of carbonyl (C=O) groups excluding carboxylic acids is 1. The van der Waals surface area contributed by atoms with Crippen LogP contribution >= 0.6 is 22.6 Å². The lowest BCUT2D eigenvalue weighted by Crippen LogP contribution is -2.11. The molecule has 0 spiro atoms. The summed E-state index contributed by atoms with van der Waals surface area (Å²) < 4.78 is 7.12. The van der Waals surface area contributed by atoms with Crippen molar-refractivity contribution >= 4 is 45.2 Å². The fraction of sp³-hybridized carbons (Fsp3) is 0.0833. The van der Waals surface area contributed by atoms with Crippen LogP contribution in [0.2, 0.25) is 0 Å². The summed E-state index contributed by atoms with van der Waals surface area (Å²) in [6.07, 6.45) is 0. The Bertz CT molecular complexity index is 1270. The molecule has 0 atom stereocenters. The summed E-state index contributed by atoms with van der Waals surface area (Å²) >= 11 is 2.22. The van der Waals surface area contributed by atoms with Gasteiger partial charge in [-0.2, -0.15) is 0 Å². The van der Waals surface area contributed by atoms with E-state index in [-0.39, 0.29) is 11.3 Å². The Morgan fingerprint density at radius 1 is 0.931 bits per heavy atom. The third-order valence-corrected chi connectivity index (χ3v) is 5.41. The molecule has 3 aromatic carbocycles. The van der Waals surface area contributed by atoms with E-state index in [0.717, 1.165) is 25.9 Å². The summed E-state index contributed by atoms with van der Waals surface area (Å²) in [6.45, 7) is 3.89. The number of fused-ring (bicyclic) bond motifs is 1. The summed E-state index contributed by atoms with van der Waals surface area (Å²) in [5.74, 6) is 0.295. The number of hydrogen-bond acceptors (Lipinski definition) is 3. The molecule has 1 amide bonds. The van der Waals surface area contributed by atoms with Crippen LogP contribution in [0.3, 0.4) is 0 Å². The highest BCUT2D eigenvalue weighted by Gasteiger charge is 2.11. The zero-order valence-corrected chi connectivity index (χ0v) is 18.1.